The highest BCUT2D eigenvalue weighted by molar-refractivity contribution is 6.10. The third-order valence-electron chi connectivity index (χ3n) is 8.02. The average Bonchev–Trinajstić information content (AvgIpc) is 3.60. The summed E-state index contributed by atoms with van der Waals surface area (Å²) in [5, 5.41) is 0. The van der Waals surface area contributed by atoms with Crippen molar-refractivity contribution in [2.75, 3.05) is 0 Å². The summed E-state index contributed by atoms with van der Waals surface area (Å²) in [7, 11) is 0. The zero-order valence-corrected chi connectivity index (χ0v) is 23.0. The number of carbonyl (C=O) groups excluding carboxylic acids is 2. The molecule has 2 saturated carbocycles. The van der Waals surface area contributed by atoms with Crippen LogP contribution >= 0.6 is 0 Å². The van der Waals surface area contributed by atoms with Gasteiger partial charge < -0.3 is 0 Å². The number of rotatable bonds is 6. The Morgan fingerprint density at radius 1 is 1.16 bits per heavy atom. The number of fused-ring (bicyclic) bond motifs is 2. The zero-order chi connectivity index (χ0) is 26.6. The van der Waals surface area contributed by atoms with E-state index in [0.717, 1.165) is 41.7 Å². The van der Waals surface area contributed by atoms with Gasteiger partial charge in [0, 0.05) is 43.6 Å². The molecule has 0 radical (unpaired) electrons. The predicted molar refractivity (Wildman–Crippen MR) is 163 cm³/mol. The van der Waals surface area contributed by atoms with Crippen molar-refractivity contribution in [2.24, 2.45) is 10.9 Å². The second-order valence-electron chi connectivity index (χ2n) is 11.1. The highest BCUT2D eigenvalue weighted by atomic mass is 16.1. The summed E-state index contributed by atoms with van der Waals surface area (Å²) in [6, 6.07) is 14.7. The smallest absolute Gasteiger partial charge is 0.166 e. The Labute approximate surface area is 231 Å². The van der Waals surface area contributed by atoms with E-state index in [0.29, 0.717) is 12.8 Å². The molecule has 0 aromatic heterocycles. The predicted octanol–water partition coefficient (Wildman–Crippen LogP) is 9.44. The van der Waals surface area contributed by atoms with Gasteiger partial charge in [0.25, 0.3) is 0 Å². The van der Waals surface area contributed by atoms with Crippen LogP contribution in [0.2, 0.25) is 0 Å². The standard InChI is InChI=1S/C31H33NO2.C3H8.CH4.H2/c1-4-22(23-8-5-7-20(2)15-23)19-32-21(3)28-18-31(13-14-31)29-12-11-25(17-27(28)29)30(34)24-9-6-10-26(33)16-24;1-3-2;;/h4-5,7-8,11-12,15,17,19,24,28H,3,6,9-10,13-14,16,18H2,1-2H3;3H2,1-2H3;1H4;1H/b22-4+,32-19?;;;. The maximum Gasteiger partial charge on any atom is 0.166 e. The van der Waals surface area contributed by atoms with E-state index in [-0.39, 0.29) is 37.7 Å². The van der Waals surface area contributed by atoms with E-state index in [4.69, 9.17) is 4.99 Å². The minimum atomic E-state index is -0.165. The quantitative estimate of drug-likeness (QED) is 0.285. The molecule has 2 atom stereocenters. The molecule has 3 aliphatic carbocycles. The number of aliphatic imine (C=N–C) groups is 1. The van der Waals surface area contributed by atoms with Gasteiger partial charge in [0.2, 0.25) is 0 Å². The number of Topliss-reactive ketones (excluding diaryl/α,β-unsaturated/α-hetero) is 2. The molecule has 2 aromatic carbocycles. The highest BCUT2D eigenvalue weighted by Crippen LogP contribution is 2.62. The zero-order valence-electron chi connectivity index (χ0n) is 23.0. The molecule has 2 aromatic rings. The number of benzene rings is 2. The topological polar surface area (TPSA) is 46.5 Å². The molecule has 204 valence electrons. The van der Waals surface area contributed by atoms with Crippen LogP contribution in [0.3, 0.4) is 0 Å². The van der Waals surface area contributed by atoms with Gasteiger partial charge in [-0.25, -0.2) is 0 Å². The van der Waals surface area contributed by atoms with E-state index in [2.05, 4.69) is 69.8 Å². The summed E-state index contributed by atoms with van der Waals surface area (Å²) in [6.07, 6.45) is 11.3. The molecule has 3 aliphatic rings. The van der Waals surface area contributed by atoms with Crippen molar-refractivity contribution in [3.63, 3.8) is 0 Å². The van der Waals surface area contributed by atoms with E-state index in [9.17, 15) is 9.59 Å². The lowest BCUT2D eigenvalue weighted by molar-refractivity contribution is -0.121. The van der Waals surface area contributed by atoms with Crippen LogP contribution in [0.1, 0.15) is 120 Å². The summed E-state index contributed by atoms with van der Waals surface area (Å²) in [6.45, 7) is 12.7. The molecule has 1 spiro atoms. The molecule has 0 N–H and O–H groups in total. The van der Waals surface area contributed by atoms with Gasteiger partial charge in [-0.1, -0.05) is 82.3 Å². The van der Waals surface area contributed by atoms with Crippen LogP contribution in [-0.2, 0) is 10.2 Å². The van der Waals surface area contributed by atoms with Crippen LogP contribution in [0.4, 0.5) is 0 Å². The molecule has 2 fully saturated rings. The first-order valence-electron chi connectivity index (χ1n) is 14.0. The van der Waals surface area contributed by atoms with Crippen molar-refractivity contribution in [1.29, 1.82) is 0 Å². The van der Waals surface area contributed by atoms with Crippen molar-refractivity contribution in [3.8, 4) is 0 Å². The van der Waals surface area contributed by atoms with Gasteiger partial charge in [-0.15, -0.1) is 0 Å². The molecular formula is C35H47NO2. The van der Waals surface area contributed by atoms with Crippen molar-refractivity contribution in [3.05, 3.63) is 88.6 Å². The minimum absolute atomic E-state index is 0. The first kappa shape index (κ1) is 29.5. The Bertz CT molecular complexity index is 1250. The van der Waals surface area contributed by atoms with Crippen molar-refractivity contribution in [2.45, 2.75) is 97.8 Å². The van der Waals surface area contributed by atoms with Crippen LogP contribution in [0.15, 0.2) is 65.8 Å². The molecule has 3 nitrogen and oxygen atoms in total. The number of hydrogen-bond acceptors (Lipinski definition) is 3. The summed E-state index contributed by atoms with van der Waals surface area (Å²) < 4.78 is 0. The number of nitrogens with zero attached hydrogens (tertiary/aromatic N) is 1. The van der Waals surface area contributed by atoms with Gasteiger partial charge in [-0.05, 0) is 79.7 Å². The second-order valence-corrected chi connectivity index (χ2v) is 11.1. The maximum atomic E-state index is 13.2. The van der Waals surface area contributed by atoms with Gasteiger partial charge in [0.1, 0.15) is 5.78 Å². The van der Waals surface area contributed by atoms with E-state index < -0.39 is 0 Å². The van der Waals surface area contributed by atoms with E-state index >= 15 is 0 Å². The van der Waals surface area contributed by atoms with Crippen LogP contribution in [0.25, 0.3) is 5.57 Å². The van der Waals surface area contributed by atoms with Gasteiger partial charge in [0.15, 0.2) is 5.78 Å². The Kier molecular flexibility index (Phi) is 9.82. The lowest BCUT2D eigenvalue weighted by atomic mass is 9.82. The lowest BCUT2D eigenvalue weighted by Crippen LogP contribution is -2.23. The number of ketones is 2. The van der Waals surface area contributed by atoms with Crippen LogP contribution < -0.4 is 0 Å². The average molecular weight is 514 g/mol. The van der Waals surface area contributed by atoms with E-state index in [1.165, 1.54) is 36.0 Å². The first-order chi connectivity index (χ1) is 17.8. The fourth-order valence-electron chi connectivity index (χ4n) is 5.89. The Hall–Kier alpha value is -3.07. The molecule has 38 heavy (non-hydrogen) atoms. The normalized spacial score (nSPS) is 21.4. The maximum absolute atomic E-state index is 13.2. The number of allylic oxidation sites excluding steroid dienone is 3. The minimum Gasteiger partial charge on any atom is -0.300 e. The Morgan fingerprint density at radius 3 is 2.53 bits per heavy atom. The Morgan fingerprint density at radius 2 is 1.89 bits per heavy atom. The third kappa shape index (κ3) is 6.31. The molecule has 2 unspecified atom stereocenters. The van der Waals surface area contributed by atoms with Crippen LogP contribution in [0.5, 0.6) is 0 Å². The summed E-state index contributed by atoms with van der Waals surface area (Å²) in [5.41, 5.74) is 7.87. The van der Waals surface area contributed by atoms with Gasteiger partial charge in [-0.3, -0.25) is 14.6 Å². The molecule has 3 heteroatoms. The molecule has 5 rings (SSSR count). The first-order valence-corrected chi connectivity index (χ1v) is 14.0. The SMILES string of the molecule is C.C=C(N=C/C(=C\C)c1cccc(C)c1)C1CC2(CC2)c2ccc(C(=O)C3CCCC(=O)C3)cc21.CCC.[HH]. The van der Waals surface area contributed by atoms with Gasteiger partial charge in [0.05, 0.1) is 0 Å². The second kappa shape index (κ2) is 12.7. The van der Waals surface area contributed by atoms with E-state index in [1.807, 2.05) is 19.2 Å². The lowest BCUT2D eigenvalue weighted by Gasteiger charge is -2.20. The molecular weight excluding hydrogens is 466 g/mol. The van der Waals surface area contributed by atoms with Gasteiger partial charge in [-0.2, -0.15) is 0 Å². The Balaban J connectivity index is 0.00000102. The summed E-state index contributed by atoms with van der Waals surface area (Å²) >= 11 is 0. The van der Waals surface area contributed by atoms with Crippen LogP contribution in [-0.4, -0.2) is 17.8 Å². The van der Waals surface area contributed by atoms with E-state index in [1.54, 1.807) is 0 Å². The summed E-state index contributed by atoms with van der Waals surface area (Å²) in [5.74, 6) is 0.305. The molecule has 0 bridgehead atoms. The highest BCUT2D eigenvalue weighted by Gasteiger charge is 2.52. The molecule has 0 saturated heterocycles. The largest absolute Gasteiger partial charge is 0.300 e. The molecule has 0 amide bonds. The van der Waals surface area contributed by atoms with Crippen molar-refractivity contribution >= 4 is 23.4 Å². The third-order valence-corrected chi connectivity index (χ3v) is 8.02. The van der Waals surface area contributed by atoms with Crippen molar-refractivity contribution in [1.82, 2.24) is 0 Å². The number of hydrogen-bond donors (Lipinski definition) is 0. The fourth-order valence-corrected chi connectivity index (χ4v) is 5.89. The summed E-state index contributed by atoms with van der Waals surface area (Å²) in [4.78, 5) is 30.0. The monoisotopic (exact) mass is 513 g/mol. The molecule has 0 heterocycles. The van der Waals surface area contributed by atoms with Crippen molar-refractivity contribution < 1.29 is 11.0 Å². The number of carbonyl (C=O) groups is 2. The fraction of sp³-hybridized carbons (Fsp3) is 0.457. The van der Waals surface area contributed by atoms with Gasteiger partial charge >= 0.3 is 0 Å². The molecule has 0 aliphatic heterocycles. The number of aryl methyl sites for hydroxylation is 1. The van der Waals surface area contributed by atoms with Crippen LogP contribution in [0, 0.1) is 12.8 Å².